The van der Waals surface area contributed by atoms with E-state index in [1.165, 1.54) is 38.4 Å². The Morgan fingerprint density at radius 2 is 1.76 bits per heavy atom. The SMILES string of the molecule is CN(C)S(=O)(=O)c1ccc(C(=O)N[C@@H](CO)C(=O)O)cc1. The number of aliphatic hydroxyl groups excluding tert-OH is 1. The van der Waals surface area contributed by atoms with Gasteiger partial charge in [0.1, 0.15) is 0 Å². The van der Waals surface area contributed by atoms with Crippen LogP contribution in [-0.2, 0) is 14.8 Å². The second-order valence-corrected chi connectivity index (χ2v) is 6.51. The molecule has 1 amide bonds. The molecular weight excluding hydrogens is 300 g/mol. The maximum absolute atomic E-state index is 11.8. The number of aliphatic hydroxyl groups is 1. The molecule has 3 N–H and O–H groups in total. The van der Waals surface area contributed by atoms with Gasteiger partial charge in [0.2, 0.25) is 10.0 Å². The maximum atomic E-state index is 11.8. The predicted molar refractivity (Wildman–Crippen MR) is 73.3 cm³/mol. The fraction of sp³-hybridized carbons (Fsp3) is 0.333. The number of carbonyl (C=O) groups is 2. The van der Waals surface area contributed by atoms with Crippen LogP contribution in [0.2, 0.25) is 0 Å². The normalized spacial score (nSPS) is 13.0. The van der Waals surface area contributed by atoms with Crippen molar-refractivity contribution in [3.8, 4) is 0 Å². The molecule has 0 heterocycles. The van der Waals surface area contributed by atoms with Crippen molar-refractivity contribution in [3.63, 3.8) is 0 Å². The van der Waals surface area contributed by atoms with Gasteiger partial charge in [0.25, 0.3) is 5.91 Å². The van der Waals surface area contributed by atoms with Crippen molar-refractivity contribution < 1.29 is 28.2 Å². The highest BCUT2D eigenvalue weighted by molar-refractivity contribution is 7.89. The summed E-state index contributed by atoms with van der Waals surface area (Å²) in [5.74, 6) is -2.08. The van der Waals surface area contributed by atoms with Gasteiger partial charge in [-0.3, -0.25) is 4.79 Å². The summed E-state index contributed by atoms with van der Waals surface area (Å²) in [5, 5.41) is 19.7. The van der Waals surface area contributed by atoms with E-state index in [9.17, 15) is 18.0 Å². The Morgan fingerprint density at radius 3 is 2.14 bits per heavy atom. The molecule has 0 unspecified atom stereocenters. The van der Waals surface area contributed by atoms with Gasteiger partial charge in [-0.05, 0) is 24.3 Å². The lowest BCUT2D eigenvalue weighted by molar-refractivity contribution is -0.140. The first-order valence-corrected chi connectivity index (χ1v) is 7.31. The number of amides is 1. The molecule has 0 bridgehead atoms. The Kier molecular flexibility index (Phi) is 5.41. The van der Waals surface area contributed by atoms with Crippen molar-refractivity contribution >= 4 is 21.9 Å². The van der Waals surface area contributed by atoms with E-state index in [1.807, 2.05) is 0 Å². The number of hydrogen-bond acceptors (Lipinski definition) is 5. The first-order valence-electron chi connectivity index (χ1n) is 5.87. The maximum Gasteiger partial charge on any atom is 0.328 e. The Labute approximate surface area is 122 Å². The van der Waals surface area contributed by atoms with Gasteiger partial charge in [0.05, 0.1) is 11.5 Å². The number of benzene rings is 1. The van der Waals surface area contributed by atoms with Gasteiger partial charge in [-0.15, -0.1) is 0 Å². The minimum Gasteiger partial charge on any atom is -0.480 e. The monoisotopic (exact) mass is 316 g/mol. The van der Waals surface area contributed by atoms with Gasteiger partial charge in [-0.2, -0.15) is 0 Å². The van der Waals surface area contributed by atoms with E-state index in [0.717, 1.165) is 4.31 Å². The third kappa shape index (κ3) is 4.00. The molecule has 0 spiro atoms. The van der Waals surface area contributed by atoms with E-state index in [4.69, 9.17) is 10.2 Å². The molecule has 1 atom stereocenters. The van der Waals surface area contributed by atoms with Crippen molar-refractivity contribution in [2.24, 2.45) is 0 Å². The summed E-state index contributed by atoms with van der Waals surface area (Å²) in [6.45, 7) is -0.742. The fourth-order valence-corrected chi connectivity index (χ4v) is 2.32. The van der Waals surface area contributed by atoms with E-state index in [-0.39, 0.29) is 10.5 Å². The average molecular weight is 316 g/mol. The second kappa shape index (κ2) is 6.66. The average Bonchev–Trinajstić information content (AvgIpc) is 2.44. The molecule has 1 aromatic carbocycles. The molecule has 0 radical (unpaired) electrons. The van der Waals surface area contributed by atoms with E-state index in [0.29, 0.717) is 0 Å². The molecular formula is C12H16N2O6S. The van der Waals surface area contributed by atoms with Crippen molar-refractivity contribution in [1.29, 1.82) is 0 Å². The fourth-order valence-electron chi connectivity index (χ4n) is 1.42. The standard InChI is InChI=1S/C12H16N2O6S/c1-14(2)21(19,20)9-5-3-8(4-6-9)11(16)13-10(7-15)12(17)18/h3-6,10,15H,7H2,1-2H3,(H,13,16)(H,17,18)/t10-/m0/s1. The Bertz CT molecular complexity index is 624. The van der Waals surface area contributed by atoms with E-state index in [1.54, 1.807) is 0 Å². The molecule has 0 saturated carbocycles. The topological polar surface area (TPSA) is 124 Å². The number of carbonyl (C=O) groups excluding carboxylic acids is 1. The Morgan fingerprint density at radius 1 is 1.24 bits per heavy atom. The van der Waals surface area contributed by atoms with Crippen molar-refractivity contribution in [1.82, 2.24) is 9.62 Å². The van der Waals surface area contributed by atoms with Crippen LogP contribution in [0.3, 0.4) is 0 Å². The lowest BCUT2D eigenvalue weighted by Gasteiger charge is -2.13. The number of rotatable bonds is 6. The molecule has 0 aromatic heterocycles. The zero-order valence-electron chi connectivity index (χ0n) is 11.5. The van der Waals surface area contributed by atoms with Crippen molar-refractivity contribution in [3.05, 3.63) is 29.8 Å². The van der Waals surface area contributed by atoms with E-state index >= 15 is 0 Å². The third-order valence-electron chi connectivity index (χ3n) is 2.68. The molecule has 116 valence electrons. The summed E-state index contributed by atoms with van der Waals surface area (Å²) < 4.78 is 24.7. The summed E-state index contributed by atoms with van der Waals surface area (Å²) in [6, 6.07) is 3.62. The zero-order chi connectivity index (χ0) is 16.2. The van der Waals surface area contributed by atoms with E-state index in [2.05, 4.69) is 5.32 Å². The summed E-state index contributed by atoms with van der Waals surface area (Å²) in [4.78, 5) is 22.5. The number of hydrogen-bond donors (Lipinski definition) is 3. The molecule has 0 saturated heterocycles. The number of sulfonamides is 1. The summed E-state index contributed by atoms with van der Waals surface area (Å²) >= 11 is 0. The number of carboxylic acids is 1. The van der Waals surface area contributed by atoms with Crippen LogP contribution < -0.4 is 5.32 Å². The van der Waals surface area contributed by atoms with Crippen LogP contribution in [0, 0.1) is 0 Å². The molecule has 1 aromatic rings. The minimum absolute atomic E-state index is 0.0148. The molecule has 0 fully saturated rings. The smallest absolute Gasteiger partial charge is 0.328 e. The second-order valence-electron chi connectivity index (χ2n) is 4.36. The van der Waals surface area contributed by atoms with Crippen LogP contribution >= 0.6 is 0 Å². The van der Waals surface area contributed by atoms with Crippen LogP contribution in [0.25, 0.3) is 0 Å². The van der Waals surface area contributed by atoms with Crippen molar-refractivity contribution in [2.45, 2.75) is 10.9 Å². The van der Waals surface area contributed by atoms with Crippen LogP contribution in [0.5, 0.6) is 0 Å². The molecule has 0 aliphatic rings. The molecule has 9 heteroatoms. The number of nitrogens with zero attached hydrogens (tertiary/aromatic N) is 1. The number of aliphatic carboxylic acids is 1. The van der Waals surface area contributed by atoms with Gasteiger partial charge >= 0.3 is 5.97 Å². The molecule has 8 nitrogen and oxygen atoms in total. The van der Waals surface area contributed by atoms with Crippen LogP contribution in [0.15, 0.2) is 29.2 Å². The lowest BCUT2D eigenvalue weighted by Crippen LogP contribution is -2.43. The Hall–Kier alpha value is -1.97. The highest BCUT2D eigenvalue weighted by Crippen LogP contribution is 2.14. The summed E-state index contributed by atoms with van der Waals surface area (Å²) in [7, 11) is -0.826. The zero-order valence-corrected chi connectivity index (χ0v) is 12.3. The third-order valence-corrected chi connectivity index (χ3v) is 4.51. The van der Waals surface area contributed by atoms with Crippen LogP contribution in [-0.4, -0.2) is 61.6 Å². The van der Waals surface area contributed by atoms with Gasteiger partial charge in [-0.25, -0.2) is 17.5 Å². The summed E-state index contributed by atoms with van der Waals surface area (Å²) in [5.41, 5.74) is 0.0902. The first-order chi connectivity index (χ1) is 9.70. The largest absolute Gasteiger partial charge is 0.480 e. The quantitative estimate of drug-likeness (QED) is 0.625. The van der Waals surface area contributed by atoms with E-state index < -0.39 is 34.5 Å². The molecule has 0 aliphatic heterocycles. The highest BCUT2D eigenvalue weighted by atomic mass is 32.2. The minimum atomic E-state index is -3.59. The Balaban J connectivity index is 2.93. The van der Waals surface area contributed by atoms with Gasteiger partial charge in [0, 0.05) is 19.7 Å². The van der Waals surface area contributed by atoms with Gasteiger partial charge < -0.3 is 15.5 Å². The molecule has 21 heavy (non-hydrogen) atoms. The van der Waals surface area contributed by atoms with Crippen molar-refractivity contribution in [2.75, 3.05) is 20.7 Å². The van der Waals surface area contributed by atoms with Gasteiger partial charge in [0.15, 0.2) is 6.04 Å². The van der Waals surface area contributed by atoms with Crippen LogP contribution in [0.1, 0.15) is 10.4 Å². The lowest BCUT2D eigenvalue weighted by atomic mass is 10.2. The van der Waals surface area contributed by atoms with Gasteiger partial charge in [-0.1, -0.05) is 0 Å². The number of nitrogens with one attached hydrogen (secondary N) is 1. The molecule has 1 rings (SSSR count). The predicted octanol–water partition coefficient (Wildman–Crippen LogP) is -0.888. The molecule has 0 aliphatic carbocycles. The van der Waals surface area contributed by atoms with Crippen LogP contribution in [0.4, 0.5) is 0 Å². The summed E-state index contributed by atoms with van der Waals surface area (Å²) in [6.07, 6.45) is 0. The first kappa shape index (κ1) is 17.1. The number of carboxylic acid groups (broad SMARTS) is 1. The highest BCUT2D eigenvalue weighted by Gasteiger charge is 2.21.